The summed E-state index contributed by atoms with van der Waals surface area (Å²) in [4.78, 5) is 20.2. The van der Waals surface area contributed by atoms with Crippen LogP contribution in [0.25, 0.3) is 0 Å². The second-order valence-electron chi connectivity index (χ2n) is 5.06. The number of carbonyl (C=O) groups excluding carboxylic acids is 1. The fourth-order valence-electron chi connectivity index (χ4n) is 1.95. The molecule has 110 valence electrons. The summed E-state index contributed by atoms with van der Waals surface area (Å²) < 4.78 is 5.23. The minimum Gasteiger partial charge on any atom is -0.445 e. The van der Waals surface area contributed by atoms with Crippen molar-refractivity contribution in [2.75, 3.05) is 0 Å². The molecule has 0 fully saturated rings. The predicted octanol–water partition coefficient (Wildman–Crippen LogP) is 3.10. The Balaban J connectivity index is 1.93. The van der Waals surface area contributed by atoms with Crippen molar-refractivity contribution in [1.82, 2.24) is 15.3 Å². The van der Waals surface area contributed by atoms with Gasteiger partial charge in [-0.3, -0.25) is 9.97 Å². The lowest BCUT2D eigenvalue weighted by molar-refractivity contribution is 0.132. The zero-order chi connectivity index (χ0) is 15.1. The van der Waals surface area contributed by atoms with E-state index in [0.717, 1.165) is 11.3 Å². The lowest BCUT2D eigenvalue weighted by Crippen LogP contribution is -2.32. The molecule has 0 unspecified atom stereocenters. The molecule has 1 atom stereocenters. The van der Waals surface area contributed by atoms with Gasteiger partial charge < -0.3 is 10.1 Å². The monoisotopic (exact) mass is 285 g/mol. The van der Waals surface area contributed by atoms with Gasteiger partial charge in [-0.25, -0.2) is 4.79 Å². The highest BCUT2D eigenvalue weighted by molar-refractivity contribution is 5.67. The molecule has 5 nitrogen and oxygen atoms in total. The van der Waals surface area contributed by atoms with Crippen molar-refractivity contribution >= 4 is 6.09 Å². The molecule has 0 aliphatic carbocycles. The zero-order valence-corrected chi connectivity index (χ0v) is 12.2. The number of amides is 1. The van der Waals surface area contributed by atoms with Gasteiger partial charge >= 0.3 is 6.09 Å². The van der Waals surface area contributed by atoms with Crippen molar-refractivity contribution in [3.63, 3.8) is 0 Å². The van der Waals surface area contributed by atoms with E-state index in [1.807, 2.05) is 44.2 Å². The Bertz CT molecular complexity index is 558. The molecule has 21 heavy (non-hydrogen) atoms. The van der Waals surface area contributed by atoms with Crippen LogP contribution >= 0.6 is 0 Å². The van der Waals surface area contributed by atoms with Gasteiger partial charge in [-0.1, -0.05) is 44.2 Å². The van der Waals surface area contributed by atoms with Gasteiger partial charge in [-0.2, -0.15) is 0 Å². The summed E-state index contributed by atoms with van der Waals surface area (Å²) in [7, 11) is 0. The quantitative estimate of drug-likeness (QED) is 0.916. The third-order valence-electron chi connectivity index (χ3n) is 3.05. The highest BCUT2D eigenvalue weighted by Gasteiger charge is 2.20. The molecule has 1 N–H and O–H groups in total. The number of nitrogens with one attached hydrogen (secondary N) is 1. The van der Waals surface area contributed by atoms with Crippen molar-refractivity contribution < 1.29 is 9.53 Å². The van der Waals surface area contributed by atoms with Gasteiger partial charge in [-0.15, -0.1) is 0 Å². The molecular formula is C16H19N3O2. The second kappa shape index (κ2) is 7.38. The maximum atomic E-state index is 11.9. The topological polar surface area (TPSA) is 64.1 Å². The van der Waals surface area contributed by atoms with E-state index >= 15 is 0 Å². The summed E-state index contributed by atoms with van der Waals surface area (Å²) in [6.07, 6.45) is 4.42. The van der Waals surface area contributed by atoms with E-state index in [9.17, 15) is 4.79 Å². The number of hydrogen-bond donors (Lipinski definition) is 1. The normalized spacial score (nSPS) is 12.0. The number of aromatic nitrogens is 2. The van der Waals surface area contributed by atoms with Gasteiger partial charge in [0.1, 0.15) is 6.61 Å². The molecular weight excluding hydrogens is 266 g/mol. The van der Waals surface area contributed by atoms with Gasteiger partial charge in [-0.05, 0) is 11.5 Å². The molecule has 2 aromatic rings. The molecule has 0 bridgehead atoms. The van der Waals surface area contributed by atoms with Crippen LogP contribution in [0.2, 0.25) is 0 Å². The van der Waals surface area contributed by atoms with Gasteiger partial charge in [0.15, 0.2) is 0 Å². The number of alkyl carbamates (subject to hydrolysis) is 1. The van der Waals surface area contributed by atoms with Crippen molar-refractivity contribution in [3.8, 4) is 0 Å². The fraction of sp³-hybridized carbons (Fsp3) is 0.312. The molecule has 2 rings (SSSR count). The Morgan fingerprint density at radius 3 is 2.62 bits per heavy atom. The largest absolute Gasteiger partial charge is 0.445 e. The van der Waals surface area contributed by atoms with Crippen molar-refractivity contribution in [2.45, 2.75) is 26.5 Å². The smallest absolute Gasteiger partial charge is 0.408 e. The molecule has 1 amide bonds. The molecule has 1 heterocycles. The first-order chi connectivity index (χ1) is 10.2. The van der Waals surface area contributed by atoms with E-state index in [2.05, 4.69) is 15.3 Å². The van der Waals surface area contributed by atoms with E-state index in [4.69, 9.17) is 4.74 Å². The Hall–Kier alpha value is -2.43. The number of rotatable bonds is 5. The van der Waals surface area contributed by atoms with Crippen LogP contribution in [0.1, 0.15) is 31.1 Å². The number of carbonyl (C=O) groups is 1. The van der Waals surface area contributed by atoms with E-state index in [1.165, 1.54) is 0 Å². The van der Waals surface area contributed by atoms with E-state index in [0.29, 0.717) is 0 Å². The highest BCUT2D eigenvalue weighted by atomic mass is 16.5. The summed E-state index contributed by atoms with van der Waals surface area (Å²) >= 11 is 0. The maximum Gasteiger partial charge on any atom is 0.408 e. The minimum atomic E-state index is -0.455. The van der Waals surface area contributed by atoms with Gasteiger partial charge in [0.25, 0.3) is 0 Å². The fourth-order valence-corrected chi connectivity index (χ4v) is 1.95. The Labute approximate surface area is 124 Å². The first-order valence-corrected chi connectivity index (χ1v) is 6.90. The van der Waals surface area contributed by atoms with Crippen LogP contribution < -0.4 is 5.32 Å². The van der Waals surface area contributed by atoms with Crippen LogP contribution in [0.15, 0.2) is 48.9 Å². The molecule has 0 aliphatic rings. The Morgan fingerprint density at radius 2 is 2.00 bits per heavy atom. The van der Waals surface area contributed by atoms with Crippen molar-refractivity contribution in [2.24, 2.45) is 5.92 Å². The standard InChI is InChI=1S/C16H19N3O2/c1-12(2)15(14-10-17-8-9-18-14)19-16(20)21-11-13-6-4-3-5-7-13/h3-10,12,15H,11H2,1-2H3,(H,19,20)/t15-/m0/s1. The summed E-state index contributed by atoms with van der Waals surface area (Å²) in [6.45, 7) is 4.27. The molecule has 0 saturated carbocycles. The minimum absolute atomic E-state index is 0.186. The van der Waals surface area contributed by atoms with Crippen LogP contribution in [0.5, 0.6) is 0 Å². The molecule has 0 spiro atoms. The predicted molar refractivity (Wildman–Crippen MR) is 79.4 cm³/mol. The van der Waals surface area contributed by atoms with E-state index < -0.39 is 6.09 Å². The second-order valence-corrected chi connectivity index (χ2v) is 5.06. The van der Waals surface area contributed by atoms with Crippen LogP contribution in [-0.4, -0.2) is 16.1 Å². The maximum absolute atomic E-state index is 11.9. The Kier molecular flexibility index (Phi) is 5.26. The van der Waals surface area contributed by atoms with Crippen LogP contribution in [0.3, 0.4) is 0 Å². The van der Waals surface area contributed by atoms with E-state index in [-0.39, 0.29) is 18.6 Å². The molecule has 0 aliphatic heterocycles. The summed E-state index contributed by atoms with van der Waals surface area (Å²) in [5.74, 6) is 0.186. The summed E-state index contributed by atoms with van der Waals surface area (Å²) in [5.41, 5.74) is 1.68. The lowest BCUT2D eigenvalue weighted by Gasteiger charge is -2.21. The van der Waals surface area contributed by atoms with Crippen LogP contribution in [-0.2, 0) is 11.3 Å². The summed E-state index contributed by atoms with van der Waals surface area (Å²) in [5, 5.41) is 2.84. The molecule has 1 aromatic carbocycles. The average Bonchev–Trinajstić information content (AvgIpc) is 2.52. The molecule has 1 aromatic heterocycles. The molecule has 5 heteroatoms. The van der Waals surface area contributed by atoms with Crippen LogP contribution in [0, 0.1) is 5.92 Å². The first-order valence-electron chi connectivity index (χ1n) is 6.90. The molecule has 0 radical (unpaired) electrons. The van der Waals surface area contributed by atoms with Gasteiger partial charge in [0.05, 0.1) is 17.9 Å². The lowest BCUT2D eigenvalue weighted by atomic mass is 10.0. The number of benzene rings is 1. The third-order valence-corrected chi connectivity index (χ3v) is 3.05. The van der Waals surface area contributed by atoms with E-state index in [1.54, 1.807) is 18.6 Å². The average molecular weight is 285 g/mol. The number of ether oxygens (including phenoxy) is 1. The SMILES string of the molecule is CC(C)[C@H](NC(=O)OCc1ccccc1)c1cnccn1. The van der Waals surface area contributed by atoms with Crippen LogP contribution in [0.4, 0.5) is 4.79 Å². The number of nitrogens with zero attached hydrogens (tertiary/aromatic N) is 2. The van der Waals surface area contributed by atoms with Crippen molar-refractivity contribution in [3.05, 3.63) is 60.2 Å². The van der Waals surface area contributed by atoms with Crippen molar-refractivity contribution in [1.29, 1.82) is 0 Å². The van der Waals surface area contributed by atoms with Gasteiger partial charge in [0.2, 0.25) is 0 Å². The van der Waals surface area contributed by atoms with Gasteiger partial charge in [0, 0.05) is 12.4 Å². The third kappa shape index (κ3) is 4.56. The molecule has 0 saturated heterocycles. The highest BCUT2D eigenvalue weighted by Crippen LogP contribution is 2.18. The first kappa shape index (κ1) is 15.0. The zero-order valence-electron chi connectivity index (χ0n) is 12.2. The summed E-state index contributed by atoms with van der Waals surface area (Å²) in [6, 6.07) is 9.35. The number of hydrogen-bond acceptors (Lipinski definition) is 4. The Morgan fingerprint density at radius 1 is 1.24 bits per heavy atom.